The van der Waals surface area contributed by atoms with Crippen molar-refractivity contribution >= 4 is 11.9 Å². The second kappa shape index (κ2) is 5.67. The van der Waals surface area contributed by atoms with E-state index in [0.29, 0.717) is 13.0 Å². The number of hydrogen-bond donors (Lipinski definition) is 1. The summed E-state index contributed by atoms with van der Waals surface area (Å²) in [5.41, 5.74) is 1.12. The van der Waals surface area contributed by atoms with E-state index in [2.05, 4.69) is 0 Å². The molecule has 0 unspecified atom stereocenters. The second-order valence-corrected chi connectivity index (χ2v) is 4.66. The molecule has 1 fully saturated rings. The van der Waals surface area contributed by atoms with E-state index in [9.17, 15) is 9.59 Å². The van der Waals surface area contributed by atoms with Crippen LogP contribution >= 0.6 is 0 Å². The fourth-order valence-electron chi connectivity index (χ4n) is 1.93. The van der Waals surface area contributed by atoms with Crippen LogP contribution in [0.25, 0.3) is 0 Å². The van der Waals surface area contributed by atoms with Gasteiger partial charge in [-0.2, -0.15) is 0 Å². The third-order valence-corrected chi connectivity index (χ3v) is 3.08. The molecule has 1 aromatic carbocycles. The highest BCUT2D eigenvalue weighted by Crippen LogP contribution is 2.31. The number of amides is 1. The van der Waals surface area contributed by atoms with Gasteiger partial charge in [-0.25, -0.2) is 0 Å². The Labute approximate surface area is 106 Å². The van der Waals surface area contributed by atoms with Crippen molar-refractivity contribution in [3.8, 4) is 0 Å². The summed E-state index contributed by atoms with van der Waals surface area (Å²) >= 11 is 0. The predicted molar refractivity (Wildman–Crippen MR) is 67.1 cm³/mol. The molecule has 1 aromatic rings. The molecule has 1 saturated carbocycles. The van der Waals surface area contributed by atoms with Crippen LogP contribution in [0.4, 0.5) is 0 Å². The van der Waals surface area contributed by atoms with E-state index in [1.165, 1.54) is 4.90 Å². The minimum Gasteiger partial charge on any atom is -0.480 e. The summed E-state index contributed by atoms with van der Waals surface area (Å²) in [5.74, 6) is -0.884. The molecule has 4 heteroatoms. The van der Waals surface area contributed by atoms with Gasteiger partial charge in [-0.3, -0.25) is 9.59 Å². The predicted octanol–water partition coefficient (Wildman–Crippen LogP) is 1.55. The van der Waals surface area contributed by atoms with Gasteiger partial charge < -0.3 is 10.0 Å². The molecular formula is C14H17NO3. The van der Waals surface area contributed by atoms with Crippen LogP contribution in [-0.4, -0.2) is 35.0 Å². The Bertz CT molecular complexity index is 426. The summed E-state index contributed by atoms with van der Waals surface area (Å²) < 4.78 is 0. The number of rotatable bonds is 6. The number of nitrogens with zero attached hydrogens (tertiary/aromatic N) is 1. The Morgan fingerprint density at radius 2 is 1.89 bits per heavy atom. The van der Waals surface area contributed by atoms with Crippen LogP contribution in [0.2, 0.25) is 0 Å². The Kier molecular flexibility index (Phi) is 3.97. The van der Waals surface area contributed by atoms with Crippen molar-refractivity contribution in [1.82, 2.24) is 4.90 Å². The molecule has 0 spiro atoms. The van der Waals surface area contributed by atoms with E-state index in [1.54, 1.807) is 0 Å². The fourth-order valence-corrected chi connectivity index (χ4v) is 1.93. The van der Waals surface area contributed by atoms with Gasteiger partial charge in [0.2, 0.25) is 5.91 Å². The summed E-state index contributed by atoms with van der Waals surface area (Å²) in [6, 6.07) is 9.80. The molecule has 0 atom stereocenters. The Balaban J connectivity index is 1.92. The van der Waals surface area contributed by atoms with Gasteiger partial charge in [0, 0.05) is 12.5 Å². The molecule has 0 heterocycles. The second-order valence-electron chi connectivity index (χ2n) is 4.66. The number of carboxylic acid groups (broad SMARTS) is 1. The normalized spacial score (nSPS) is 14.2. The maximum Gasteiger partial charge on any atom is 0.323 e. The zero-order valence-electron chi connectivity index (χ0n) is 10.2. The molecule has 2 rings (SSSR count). The number of aliphatic carboxylic acids is 1. The minimum absolute atomic E-state index is 0.00617. The van der Waals surface area contributed by atoms with Crippen molar-refractivity contribution in [1.29, 1.82) is 0 Å². The van der Waals surface area contributed by atoms with Gasteiger partial charge in [-0.15, -0.1) is 0 Å². The van der Waals surface area contributed by atoms with Gasteiger partial charge in [0.15, 0.2) is 0 Å². The van der Waals surface area contributed by atoms with Crippen LogP contribution in [0.5, 0.6) is 0 Å². The minimum atomic E-state index is -0.947. The molecule has 0 saturated heterocycles. The highest BCUT2D eigenvalue weighted by molar-refractivity contribution is 5.84. The van der Waals surface area contributed by atoms with Crippen molar-refractivity contribution in [3.05, 3.63) is 35.9 Å². The standard InChI is InChI=1S/C14H17NO3/c16-13(17)10-15(14(18)12-6-7-12)9-8-11-4-2-1-3-5-11/h1-5,12H,6-10H2,(H,16,17). The van der Waals surface area contributed by atoms with E-state index in [1.807, 2.05) is 30.3 Å². The first-order valence-electron chi connectivity index (χ1n) is 6.21. The number of benzene rings is 1. The third kappa shape index (κ3) is 3.58. The Hall–Kier alpha value is -1.84. The zero-order valence-corrected chi connectivity index (χ0v) is 10.2. The lowest BCUT2D eigenvalue weighted by Gasteiger charge is -2.20. The highest BCUT2D eigenvalue weighted by Gasteiger charge is 2.33. The van der Waals surface area contributed by atoms with Gasteiger partial charge in [0.25, 0.3) is 0 Å². The highest BCUT2D eigenvalue weighted by atomic mass is 16.4. The van der Waals surface area contributed by atoms with Crippen LogP contribution in [-0.2, 0) is 16.0 Å². The lowest BCUT2D eigenvalue weighted by atomic mass is 10.1. The first-order valence-corrected chi connectivity index (χ1v) is 6.21. The molecule has 1 amide bonds. The topological polar surface area (TPSA) is 57.6 Å². The number of carbonyl (C=O) groups excluding carboxylic acids is 1. The Morgan fingerprint density at radius 1 is 1.22 bits per heavy atom. The average Bonchev–Trinajstić information content (AvgIpc) is 3.18. The van der Waals surface area contributed by atoms with Crippen molar-refractivity contribution in [2.24, 2.45) is 5.92 Å². The quantitative estimate of drug-likeness (QED) is 0.829. The molecule has 0 bridgehead atoms. The van der Waals surface area contributed by atoms with Gasteiger partial charge in [0.05, 0.1) is 0 Å². The summed E-state index contributed by atoms with van der Waals surface area (Å²) in [6.45, 7) is 0.286. The maximum atomic E-state index is 11.9. The van der Waals surface area contributed by atoms with Crippen LogP contribution in [0.15, 0.2) is 30.3 Å². The lowest BCUT2D eigenvalue weighted by molar-refractivity contribution is -0.145. The van der Waals surface area contributed by atoms with Gasteiger partial charge >= 0.3 is 5.97 Å². The molecule has 1 aliphatic carbocycles. The summed E-state index contributed by atoms with van der Waals surface area (Å²) in [7, 11) is 0. The van der Waals surface area contributed by atoms with E-state index in [0.717, 1.165) is 18.4 Å². The van der Waals surface area contributed by atoms with E-state index in [-0.39, 0.29) is 18.4 Å². The molecule has 96 valence electrons. The summed E-state index contributed by atoms with van der Waals surface area (Å²) in [5, 5.41) is 8.84. The molecule has 0 aliphatic heterocycles. The zero-order chi connectivity index (χ0) is 13.0. The van der Waals surface area contributed by atoms with Crippen LogP contribution in [0.1, 0.15) is 18.4 Å². The number of carboxylic acids is 1. The van der Waals surface area contributed by atoms with Crippen molar-refractivity contribution in [2.75, 3.05) is 13.1 Å². The monoisotopic (exact) mass is 247 g/mol. The molecule has 0 aromatic heterocycles. The van der Waals surface area contributed by atoms with Gasteiger partial charge in [0.1, 0.15) is 6.54 Å². The van der Waals surface area contributed by atoms with E-state index >= 15 is 0 Å². The molecular weight excluding hydrogens is 230 g/mol. The molecule has 18 heavy (non-hydrogen) atoms. The van der Waals surface area contributed by atoms with Crippen molar-refractivity contribution in [2.45, 2.75) is 19.3 Å². The van der Waals surface area contributed by atoms with Crippen LogP contribution in [0, 0.1) is 5.92 Å². The third-order valence-electron chi connectivity index (χ3n) is 3.08. The maximum absolute atomic E-state index is 11.9. The molecule has 1 aliphatic rings. The molecule has 4 nitrogen and oxygen atoms in total. The molecule has 1 N–H and O–H groups in total. The van der Waals surface area contributed by atoms with Crippen molar-refractivity contribution in [3.63, 3.8) is 0 Å². The SMILES string of the molecule is O=C(O)CN(CCc1ccccc1)C(=O)C1CC1. The molecule has 0 radical (unpaired) electrons. The summed E-state index contributed by atoms with van der Waals surface area (Å²) in [6.07, 6.45) is 2.51. The average molecular weight is 247 g/mol. The van der Waals surface area contributed by atoms with Crippen molar-refractivity contribution < 1.29 is 14.7 Å². The van der Waals surface area contributed by atoms with Crippen LogP contribution in [0.3, 0.4) is 0 Å². The Morgan fingerprint density at radius 3 is 2.44 bits per heavy atom. The van der Waals surface area contributed by atoms with Gasteiger partial charge in [-0.1, -0.05) is 30.3 Å². The van der Waals surface area contributed by atoms with E-state index < -0.39 is 5.97 Å². The smallest absolute Gasteiger partial charge is 0.323 e. The largest absolute Gasteiger partial charge is 0.480 e. The first kappa shape index (κ1) is 12.6. The number of hydrogen-bond acceptors (Lipinski definition) is 2. The summed E-state index contributed by atoms with van der Waals surface area (Å²) in [4.78, 5) is 24.2. The fraction of sp³-hybridized carbons (Fsp3) is 0.429. The first-order chi connectivity index (χ1) is 8.66. The lowest BCUT2D eigenvalue weighted by Crippen LogP contribution is -2.38. The van der Waals surface area contributed by atoms with Crippen LogP contribution < -0.4 is 0 Å². The van der Waals surface area contributed by atoms with Gasteiger partial charge in [-0.05, 0) is 24.8 Å². The van der Waals surface area contributed by atoms with E-state index in [4.69, 9.17) is 5.11 Å². The number of carbonyl (C=O) groups is 2.